The zero-order chi connectivity index (χ0) is 17.2. The van der Waals surface area contributed by atoms with E-state index in [4.69, 9.17) is 5.73 Å². The minimum atomic E-state index is -0.528. The molecule has 0 bridgehead atoms. The monoisotopic (exact) mass is 410 g/mol. The molecular weight excluding hydrogens is 383 g/mol. The van der Waals surface area contributed by atoms with Gasteiger partial charge in [-0.05, 0) is 43.1 Å². The van der Waals surface area contributed by atoms with Gasteiger partial charge in [-0.15, -0.1) is 24.8 Å². The van der Waals surface area contributed by atoms with E-state index >= 15 is 0 Å². The van der Waals surface area contributed by atoms with Crippen molar-refractivity contribution in [1.82, 2.24) is 14.9 Å². The highest BCUT2D eigenvalue weighted by atomic mass is 35.5. The van der Waals surface area contributed by atoms with Crippen LogP contribution in [0.15, 0.2) is 42.9 Å². The summed E-state index contributed by atoms with van der Waals surface area (Å²) in [5.74, 6) is 1.35. The van der Waals surface area contributed by atoms with E-state index in [-0.39, 0.29) is 30.7 Å². The molecule has 0 saturated heterocycles. The van der Waals surface area contributed by atoms with Gasteiger partial charge < -0.3 is 15.6 Å². The first kappa shape index (κ1) is 21.7. The van der Waals surface area contributed by atoms with Crippen LogP contribution in [0.2, 0.25) is 0 Å². The number of halogens is 2. The van der Waals surface area contributed by atoms with Crippen LogP contribution in [0.3, 0.4) is 0 Å². The van der Waals surface area contributed by atoms with Crippen LogP contribution in [0, 0.1) is 11.8 Å². The van der Waals surface area contributed by atoms with Crippen molar-refractivity contribution in [1.29, 1.82) is 0 Å². The summed E-state index contributed by atoms with van der Waals surface area (Å²) in [6.45, 7) is 0.778. The Bertz CT molecular complexity index is 717. The predicted molar refractivity (Wildman–Crippen MR) is 111 cm³/mol. The number of hydrogen-bond donors (Lipinski definition) is 2. The van der Waals surface area contributed by atoms with Crippen molar-refractivity contribution < 1.29 is 4.79 Å². The van der Waals surface area contributed by atoms with Crippen LogP contribution in [0.4, 0.5) is 0 Å². The van der Waals surface area contributed by atoms with Gasteiger partial charge in [0, 0.05) is 25.2 Å². The van der Waals surface area contributed by atoms with Gasteiger partial charge in [0.2, 0.25) is 5.91 Å². The Morgan fingerprint density at radius 2 is 1.78 bits per heavy atom. The van der Waals surface area contributed by atoms with Gasteiger partial charge in [0.25, 0.3) is 0 Å². The smallest absolute Gasteiger partial charge is 0.237 e. The molecule has 7 heteroatoms. The Hall–Kier alpha value is -1.56. The molecule has 2 aliphatic rings. The third-order valence-electron chi connectivity index (χ3n) is 5.23. The maximum atomic E-state index is 12.4. The lowest BCUT2D eigenvalue weighted by atomic mass is 10.1. The highest BCUT2D eigenvalue weighted by molar-refractivity contribution is 5.85. The van der Waals surface area contributed by atoms with Gasteiger partial charge in [-0.3, -0.25) is 4.79 Å². The van der Waals surface area contributed by atoms with E-state index in [0.29, 0.717) is 24.3 Å². The number of carbonyl (C=O) groups excluding carboxylic acids is 1. The van der Waals surface area contributed by atoms with E-state index in [9.17, 15) is 4.79 Å². The highest BCUT2D eigenvalue weighted by Gasteiger charge is 2.42. The molecule has 1 aromatic heterocycles. The summed E-state index contributed by atoms with van der Waals surface area (Å²) in [6, 6.07) is 10.1. The molecule has 0 spiro atoms. The molecule has 2 fully saturated rings. The topological polar surface area (TPSA) is 72.9 Å². The molecule has 27 heavy (non-hydrogen) atoms. The molecule has 4 rings (SSSR count). The lowest BCUT2D eigenvalue weighted by molar-refractivity contribution is -0.123. The molecule has 2 aromatic rings. The third kappa shape index (κ3) is 5.96. The van der Waals surface area contributed by atoms with Gasteiger partial charge in [0.05, 0.1) is 18.1 Å². The molecule has 148 valence electrons. The second-order valence-electron chi connectivity index (χ2n) is 7.54. The number of benzene rings is 1. The Morgan fingerprint density at radius 1 is 1.15 bits per heavy atom. The van der Waals surface area contributed by atoms with E-state index in [1.165, 1.54) is 31.2 Å². The first-order valence-electron chi connectivity index (χ1n) is 9.29. The number of amides is 1. The second-order valence-corrected chi connectivity index (χ2v) is 7.54. The zero-order valence-electron chi connectivity index (χ0n) is 15.3. The van der Waals surface area contributed by atoms with Crippen molar-refractivity contribution in [3.8, 4) is 0 Å². The molecule has 0 aliphatic heterocycles. The van der Waals surface area contributed by atoms with Gasteiger partial charge in [-0.2, -0.15) is 0 Å². The van der Waals surface area contributed by atoms with E-state index < -0.39 is 6.04 Å². The molecule has 1 aromatic carbocycles. The van der Waals surface area contributed by atoms with Crippen molar-refractivity contribution in [3.63, 3.8) is 0 Å². The number of carbonyl (C=O) groups is 1. The van der Waals surface area contributed by atoms with Crippen molar-refractivity contribution in [2.45, 2.75) is 50.7 Å². The fraction of sp³-hybridized carbons (Fsp3) is 0.500. The van der Waals surface area contributed by atoms with Crippen molar-refractivity contribution >= 4 is 30.7 Å². The molecule has 1 heterocycles. The SMILES string of the molecule is Cl.Cl.N[C@@H](Cc1cn(Cc2ccccc2)cn1)C(=O)NC(C1CC1)C1CC1. The average Bonchev–Trinajstić information content (AvgIpc) is 3.53. The molecule has 0 radical (unpaired) electrons. The van der Waals surface area contributed by atoms with Gasteiger partial charge in [0.15, 0.2) is 0 Å². The van der Waals surface area contributed by atoms with E-state index in [0.717, 1.165) is 12.2 Å². The number of rotatable bonds is 8. The quantitative estimate of drug-likeness (QED) is 0.702. The van der Waals surface area contributed by atoms with E-state index in [2.05, 4.69) is 22.4 Å². The summed E-state index contributed by atoms with van der Waals surface area (Å²) in [5, 5.41) is 3.21. The second kappa shape index (κ2) is 9.58. The molecule has 1 atom stereocenters. The number of aromatic nitrogens is 2. The maximum Gasteiger partial charge on any atom is 0.237 e. The molecular formula is C20H28Cl2N4O. The van der Waals surface area contributed by atoms with Crippen molar-refractivity contribution in [3.05, 3.63) is 54.1 Å². The Kier molecular flexibility index (Phi) is 7.71. The van der Waals surface area contributed by atoms with Crippen LogP contribution in [0.1, 0.15) is 36.9 Å². The van der Waals surface area contributed by atoms with Crippen molar-refractivity contribution in [2.24, 2.45) is 17.6 Å². The molecule has 5 nitrogen and oxygen atoms in total. The van der Waals surface area contributed by atoms with Crippen molar-refractivity contribution in [2.75, 3.05) is 0 Å². The Morgan fingerprint density at radius 3 is 2.37 bits per heavy atom. The van der Waals surface area contributed by atoms with Crippen LogP contribution in [0.25, 0.3) is 0 Å². The zero-order valence-corrected chi connectivity index (χ0v) is 16.9. The highest BCUT2D eigenvalue weighted by Crippen LogP contribution is 2.44. The van der Waals surface area contributed by atoms with Crippen LogP contribution < -0.4 is 11.1 Å². The number of imidazole rings is 1. The minimum absolute atomic E-state index is 0. The largest absolute Gasteiger partial charge is 0.351 e. The van der Waals surface area contributed by atoms with Crippen LogP contribution in [0.5, 0.6) is 0 Å². The first-order valence-corrected chi connectivity index (χ1v) is 9.29. The number of nitrogens with one attached hydrogen (secondary N) is 1. The predicted octanol–water partition coefficient (Wildman–Crippen LogP) is 2.95. The number of hydrogen-bond acceptors (Lipinski definition) is 3. The number of nitrogens with two attached hydrogens (primary N) is 1. The first-order chi connectivity index (χ1) is 12.2. The fourth-order valence-corrected chi connectivity index (χ4v) is 3.51. The van der Waals surface area contributed by atoms with Gasteiger partial charge in [-0.1, -0.05) is 30.3 Å². The lowest BCUT2D eigenvalue weighted by Crippen LogP contribution is -2.48. The molecule has 1 amide bonds. The Labute approximate surface area is 172 Å². The van der Waals surface area contributed by atoms with Gasteiger partial charge >= 0.3 is 0 Å². The molecule has 2 saturated carbocycles. The van der Waals surface area contributed by atoms with Crippen LogP contribution >= 0.6 is 24.8 Å². The third-order valence-corrected chi connectivity index (χ3v) is 5.23. The molecule has 2 aliphatic carbocycles. The van der Waals surface area contributed by atoms with Gasteiger partial charge in [-0.25, -0.2) is 4.98 Å². The summed E-state index contributed by atoms with van der Waals surface area (Å²) < 4.78 is 2.03. The van der Waals surface area contributed by atoms with Crippen LogP contribution in [-0.4, -0.2) is 27.5 Å². The minimum Gasteiger partial charge on any atom is -0.351 e. The summed E-state index contributed by atoms with van der Waals surface area (Å²) in [4.78, 5) is 16.9. The fourth-order valence-electron chi connectivity index (χ4n) is 3.51. The van der Waals surface area contributed by atoms with Gasteiger partial charge in [0.1, 0.15) is 0 Å². The van der Waals surface area contributed by atoms with E-state index in [1.807, 2.05) is 35.3 Å². The summed E-state index contributed by atoms with van der Waals surface area (Å²) in [5.41, 5.74) is 8.23. The molecule has 3 N–H and O–H groups in total. The summed E-state index contributed by atoms with van der Waals surface area (Å²) in [6.07, 6.45) is 9.28. The molecule has 0 unspecified atom stereocenters. The lowest BCUT2D eigenvalue weighted by Gasteiger charge is -2.20. The maximum absolute atomic E-state index is 12.4. The average molecular weight is 411 g/mol. The normalized spacial score (nSPS) is 17.0. The summed E-state index contributed by atoms with van der Waals surface area (Å²) >= 11 is 0. The standard InChI is InChI=1S/C20H26N4O.2ClH/c21-18(20(25)23-19(15-6-7-15)16-8-9-16)10-17-12-24(13-22-17)11-14-4-2-1-3-5-14;;/h1-5,12-13,15-16,18-19H,6-11,21H2,(H,23,25);2*1H/t18-;;/m0../s1. The Balaban J connectivity index is 0.00000131. The van der Waals surface area contributed by atoms with Crippen LogP contribution in [-0.2, 0) is 17.8 Å². The number of nitrogens with zero attached hydrogens (tertiary/aromatic N) is 2. The van der Waals surface area contributed by atoms with E-state index in [1.54, 1.807) is 0 Å². The summed E-state index contributed by atoms with van der Waals surface area (Å²) in [7, 11) is 0.